The van der Waals surface area contributed by atoms with Crippen LogP contribution in [-0.4, -0.2) is 14.5 Å². The van der Waals surface area contributed by atoms with Crippen LogP contribution in [0.2, 0.25) is 0 Å². The summed E-state index contributed by atoms with van der Waals surface area (Å²) in [5, 5.41) is 3.39. The fourth-order valence-electron chi connectivity index (χ4n) is 1.81. The molecule has 0 radical (unpaired) electrons. The Kier molecular flexibility index (Phi) is 4.14. The summed E-state index contributed by atoms with van der Waals surface area (Å²) in [7, 11) is 0. The predicted molar refractivity (Wildman–Crippen MR) is 81.9 cm³/mol. The maximum atomic E-state index is 12.3. The van der Waals surface area contributed by atoms with Gasteiger partial charge in [-0.15, -0.1) is 23.7 Å². The number of rotatable bonds is 2. The smallest absolute Gasteiger partial charge is 0.262 e. The highest BCUT2D eigenvalue weighted by molar-refractivity contribution is 7.71. The zero-order valence-electron chi connectivity index (χ0n) is 9.70. The Labute approximate surface area is 124 Å². The van der Waals surface area contributed by atoms with Gasteiger partial charge in [-0.3, -0.25) is 9.36 Å². The molecule has 3 aromatic rings. The van der Waals surface area contributed by atoms with Crippen molar-refractivity contribution in [2.24, 2.45) is 0 Å². The number of H-pyrrole nitrogens is 1. The summed E-state index contributed by atoms with van der Waals surface area (Å²) >= 11 is 6.73. The van der Waals surface area contributed by atoms with E-state index in [9.17, 15) is 4.79 Å². The molecule has 1 N–H and O–H groups in total. The summed E-state index contributed by atoms with van der Waals surface area (Å²) in [6.45, 7) is 0.413. The highest BCUT2D eigenvalue weighted by Gasteiger charge is 2.06. The van der Waals surface area contributed by atoms with E-state index in [0.29, 0.717) is 16.7 Å². The van der Waals surface area contributed by atoms with Gasteiger partial charge in [-0.2, -0.15) is 0 Å². The molecule has 98 valence electrons. The minimum Gasteiger partial charge on any atom is -0.332 e. The number of hydrogen-bond donors (Lipinski definition) is 1. The van der Waals surface area contributed by atoms with E-state index in [1.807, 2.05) is 23.6 Å². The van der Waals surface area contributed by atoms with E-state index in [-0.39, 0.29) is 18.0 Å². The number of halogens is 1. The van der Waals surface area contributed by atoms with Crippen LogP contribution in [0.5, 0.6) is 0 Å². The third-order valence-electron chi connectivity index (χ3n) is 2.67. The molecule has 4 nitrogen and oxygen atoms in total. The van der Waals surface area contributed by atoms with Crippen LogP contribution < -0.4 is 5.56 Å². The van der Waals surface area contributed by atoms with Crippen LogP contribution in [0.3, 0.4) is 0 Å². The van der Waals surface area contributed by atoms with Crippen molar-refractivity contribution >= 4 is 46.9 Å². The Morgan fingerprint density at radius 3 is 2.89 bits per heavy atom. The first-order chi connectivity index (χ1) is 8.75. The highest BCUT2D eigenvalue weighted by atomic mass is 35.5. The van der Waals surface area contributed by atoms with Gasteiger partial charge in [-0.1, -0.05) is 12.1 Å². The number of nitrogens with zero attached hydrogens (tertiary/aromatic N) is 2. The van der Waals surface area contributed by atoms with Gasteiger partial charge in [0.15, 0.2) is 4.77 Å². The number of thiazole rings is 1. The summed E-state index contributed by atoms with van der Waals surface area (Å²) in [4.78, 5) is 19.6. The molecule has 0 bridgehead atoms. The van der Waals surface area contributed by atoms with Gasteiger partial charge >= 0.3 is 0 Å². The quantitative estimate of drug-likeness (QED) is 0.740. The van der Waals surface area contributed by atoms with Crippen molar-refractivity contribution in [1.82, 2.24) is 14.5 Å². The first kappa shape index (κ1) is 13.9. The maximum Gasteiger partial charge on any atom is 0.262 e. The summed E-state index contributed by atoms with van der Waals surface area (Å²) in [5.41, 5.74) is 0.687. The van der Waals surface area contributed by atoms with Crippen LogP contribution in [0.1, 0.15) is 5.01 Å². The number of para-hydroxylation sites is 1. The monoisotopic (exact) mass is 311 g/mol. The van der Waals surface area contributed by atoms with Gasteiger partial charge in [0, 0.05) is 11.6 Å². The molecule has 19 heavy (non-hydrogen) atoms. The van der Waals surface area contributed by atoms with E-state index < -0.39 is 0 Å². The Hall–Kier alpha value is -1.50. The van der Waals surface area contributed by atoms with Crippen molar-refractivity contribution in [2.45, 2.75) is 6.54 Å². The topological polar surface area (TPSA) is 50.7 Å². The fraction of sp³-hybridized carbons (Fsp3) is 0.0833. The molecule has 2 aromatic heterocycles. The normalized spacial score (nSPS) is 10.3. The number of benzene rings is 1. The van der Waals surface area contributed by atoms with E-state index in [0.717, 1.165) is 10.5 Å². The molecule has 7 heteroatoms. The summed E-state index contributed by atoms with van der Waals surface area (Å²) in [5.74, 6) is 0. The predicted octanol–water partition coefficient (Wildman–Crippen LogP) is 2.99. The van der Waals surface area contributed by atoms with Crippen molar-refractivity contribution in [3.8, 4) is 0 Å². The minimum atomic E-state index is -0.0791. The molecule has 0 saturated heterocycles. The van der Waals surface area contributed by atoms with E-state index in [1.165, 1.54) is 15.9 Å². The molecule has 0 aliphatic heterocycles. The summed E-state index contributed by atoms with van der Waals surface area (Å²) < 4.78 is 1.96. The number of fused-ring (bicyclic) bond motifs is 1. The van der Waals surface area contributed by atoms with Crippen LogP contribution >= 0.6 is 36.0 Å². The number of nitrogens with one attached hydrogen (secondary N) is 1. The second-order valence-corrected chi connectivity index (χ2v) is 5.16. The third-order valence-corrected chi connectivity index (χ3v) is 3.75. The SMILES string of the molecule is Cl.O=c1c2ccccc2[nH]c(=S)n1Cc1nccs1. The number of aromatic amines is 1. The van der Waals surface area contributed by atoms with Crippen LogP contribution in [0, 0.1) is 4.77 Å². The van der Waals surface area contributed by atoms with E-state index in [1.54, 1.807) is 12.3 Å². The lowest BCUT2D eigenvalue weighted by Crippen LogP contribution is -2.22. The molecule has 2 heterocycles. The van der Waals surface area contributed by atoms with Crippen LogP contribution in [0.15, 0.2) is 40.6 Å². The van der Waals surface area contributed by atoms with Crippen molar-refractivity contribution < 1.29 is 0 Å². The van der Waals surface area contributed by atoms with E-state index in [4.69, 9.17) is 12.2 Å². The van der Waals surface area contributed by atoms with Gasteiger partial charge in [0.2, 0.25) is 0 Å². The standard InChI is InChI=1S/C12H9N3OS2.ClH/c16-11-8-3-1-2-4-9(8)14-12(17)15(11)7-10-13-5-6-18-10;/h1-6H,7H2,(H,14,17);1H. The van der Waals surface area contributed by atoms with Gasteiger partial charge in [0.05, 0.1) is 17.4 Å². The Morgan fingerprint density at radius 1 is 1.37 bits per heavy atom. The first-order valence-electron chi connectivity index (χ1n) is 5.36. The van der Waals surface area contributed by atoms with Crippen molar-refractivity contribution in [3.05, 3.63) is 56.0 Å². The van der Waals surface area contributed by atoms with E-state index >= 15 is 0 Å². The molecule has 3 rings (SSSR count). The van der Waals surface area contributed by atoms with Gasteiger partial charge in [0.25, 0.3) is 5.56 Å². The Morgan fingerprint density at radius 2 is 2.16 bits per heavy atom. The van der Waals surface area contributed by atoms with Crippen molar-refractivity contribution in [2.75, 3.05) is 0 Å². The Balaban J connectivity index is 0.00000133. The van der Waals surface area contributed by atoms with Gasteiger partial charge in [-0.05, 0) is 24.4 Å². The van der Waals surface area contributed by atoms with E-state index in [2.05, 4.69) is 9.97 Å². The maximum absolute atomic E-state index is 12.3. The molecule has 0 unspecified atom stereocenters. The molecular formula is C12H10ClN3OS2. The van der Waals surface area contributed by atoms with Crippen LogP contribution in [0.25, 0.3) is 10.9 Å². The Bertz CT molecular complexity index is 808. The molecular weight excluding hydrogens is 302 g/mol. The lowest BCUT2D eigenvalue weighted by molar-refractivity contribution is 0.730. The fourth-order valence-corrected chi connectivity index (χ4v) is 2.67. The number of aromatic nitrogens is 3. The zero-order chi connectivity index (χ0) is 12.5. The lowest BCUT2D eigenvalue weighted by atomic mass is 10.2. The molecule has 0 spiro atoms. The van der Waals surface area contributed by atoms with Gasteiger partial charge in [0.1, 0.15) is 5.01 Å². The minimum absolute atomic E-state index is 0. The largest absolute Gasteiger partial charge is 0.332 e. The van der Waals surface area contributed by atoms with Crippen LogP contribution in [-0.2, 0) is 6.54 Å². The molecule has 0 amide bonds. The van der Waals surface area contributed by atoms with Crippen LogP contribution in [0.4, 0.5) is 0 Å². The second-order valence-electron chi connectivity index (χ2n) is 3.79. The average Bonchev–Trinajstić information content (AvgIpc) is 2.87. The summed E-state index contributed by atoms with van der Waals surface area (Å²) in [6.07, 6.45) is 1.72. The zero-order valence-corrected chi connectivity index (χ0v) is 12.1. The van der Waals surface area contributed by atoms with Gasteiger partial charge < -0.3 is 4.98 Å². The molecule has 0 atom stereocenters. The van der Waals surface area contributed by atoms with Crippen molar-refractivity contribution in [3.63, 3.8) is 0 Å². The summed E-state index contributed by atoms with van der Waals surface area (Å²) in [6, 6.07) is 7.36. The first-order valence-corrected chi connectivity index (χ1v) is 6.65. The molecule has 0 saturated carbocycles. The highest BCUT2D eigenvalue weighted by Crippen LogP contribution is 2.09. The molecule has 1 aromatic carbocycles. The lowest BCUT2D eigenvalue weighted by Gasteiger charge is -2.05. The molecule has 0 aliphatic rings. The molecule has 0 fully saturated rings. The molecule has 0 aliphatic carbocycles. The third kappa shape index (κ3) is 2.60. The van der Waals surface area contributed by atoms with Gasteiger partial charge in [-0.25, -0.2) is 4.98 Å². The average molecular weight is 312 g/mol. The second kappa shape index (κ2) is 5.64. The van der Waals surface area contributed by atoms with Crippen molar-refractivity contribution in [1.29, 1.82) is 0 Å². The number of hydrogen-bond acceptors (Lipinski definition) is 4.